The van der Waals surface area contributed by atoms with E-state index in [1.807, 2.05) is 30.3 Å². The van der Waals surface area contributed by atoms with Gasteiger partial charge in [0.15, 0.2) is 0 Å². The number of anilines is 1. The zero-order chi connectivity index (χ0) is 24.3. The molecule has 2 heterocycles. The third kappa shape index (κ3) is 4.70. The molecular formula is C24H28FN3O5S. The van der Waals surface area contributed by atoms with Crippen LogP contribution < -0.4 is 5.32 Å². The monoisotopic (exact) mass is 489 g/mol. The largest absolute Gasteiger partial charge is 0.379 e. The molecule has 2 aliphatic heterocycles. The second-order valence-corrected chi connectivity index (χ2v) is 10.5. The number of ether oxygens (including phenoxy) is 1. The minimum absolute atomic E-state index is 0.0430. The number of nitrogens with zero attached hydrogens (tertiary/aromatic N) is 2. The summed E-state index contributed by atoms with van der Waals surface area (Å²) in [6.07, 6.45) is 0.838. The molecule has 2 aromatic carbocycles. The van der Waals surface area contributed by atoms with Crippen LogP contribution in [0.3, 0.4) is 0 Å². The topological polar surface area (TPSA) is 96.0 Å². The van der Waals surface area contributed by atoms with E-state index >= 15 is 0 Å². The first kappa shape index (κ1) is 24.3. The van der Waals surface area contributed by atoms with Crippen LogP contribution in [0.1, 0.15) is 25.3 Å². The number of carbonyl (C=O) groups excluding carboxylic acids is 2. The Morgan fingerprint density at radius 2 is 1.65 bits per heavy atom. The minimum Gasteiger partial charge on any atom is -0.379 e. The fraction of sp³-hybridized carbons (Fsp3) is 0.417. The van der Waals surface area contributed by atoms with Crippen molar-refractivity contribution in [2.24, 2.45) is 0 Å². The van der Waals surface area contributed by atoms with Crippen LogP contribution in [0.4, 0.5) is 10.1 Å². The first-order valence-corrected chi connectivity index (χ1v) is 12.7. The van der Waals surface area contributed by atoms with Crippen molar-refractivity contribution in [2.75, 3.05) is 44.7 Å². The summed E-state index contributed by atoms with van der Waals surface area (Å²) in [5.41, 5.74) is 0.117. The molecule has 1 N–H and O–H groups in total. The highest BCUT2D eigenvalue weighted by molar-refractivity contribution is 7.89. The molecule has 34 heavy (non-hydrogen) atoms. The van der Waals surface area contributed by atoms with Gasteiger partial charge < -0.3 is 15.0 Å². The third-order valence-corrected chi connectivity index (χ3v) is 8.51. The van der Waals surface area contributed by atoms with Gasteiger partial charge in [0.1, 0.15) is 10.7 Å². The maximum absolute atomic E-state index is 14.6. The molecule has 2 aliphatic rings. The Labute approximate surface area is 198 Å². The average molecular weight is 490 g/mol. The van der Waals surface area contributed by atoms with E-state index in [1.54, 1.807) is 4.90 Å². The number of halogens is 1. The number of morpholine rings is 1. The maximum Gasteiger partial charge on any atom is 0.246 e. The van der Waals surface area contributed by atoms with Gasteiger partial charge in [0.2, 0.25) is 21.8 Å². The Balaban J connectivity index is 1.62. The second-order valence-electron chi connectivity index (χ2n) is 8.57. The van der Waals surface area contributed by atoms with Crippen LogP contribution in [0.2, 0.25) is 0 Å². The van der Waals surface area contributed by atoms with E-state index in [9.17, 15) is 22.4 Å². The highest BCUT2D eigenvalue weighted by Gasteiger charge is 2.43. The van der Waals surface area contributed by atoms with Crippen LogP contribution in [-0.2, 0) is 29.8 Å². The zero-order valence-electron chi connectivity index (χ0n) is 19.0. The van der Waals surface area contributed by atoms with E-state index < -0.39 is 26.2 Å². The van der Waals surface area contributed by atoms with Crippen molar-refractivity contribution in [1.82, 2.24) is 9.21 Å². The summed E-state index contributed by atoms with van der Waals surface area (Å²) >= 11 is 0. The highest BCUT2D eigenvalue weighted by Crippen LogP contribution is 2.37. The SMILES string of the molecule is CC(=O)N1CCC(C(=O)Nc2ccc(F)c(S(=O)(=O)N3CCOCC3)c2)(c2ccccc2)CC1. The fourth-order valence-corrected chi connectivity index (χ4v) is 6.06. The Kier molecular flexibility index (Phi) is 7.01. The van der Waals surface area contributed by atoms with Crippen LogP contribution in [0.5, 0.6) is 0 Å². The Morgan fingerprint density at radius 3 is 2.26 bits per heavy atom. The van der Waals surface area contributed by atoms with Gasteiger partial charge in [0.05, 0.1) is 18.6 Å². The van der Waals surface area contributed by atoms with Gasteiger partial charge in [0.25, 0.3) is 0 Å². The molecule has 2 amide bonds. The molecule has 2 saturated heterocycles. The Morgan fingerprint density at radius 1 is 1.00 bits per heavy atom. The number of nitrogens with one attached hydrogen (secondary N) is 1. The third-order valence-electron chi connectivity index (χ3n) is 6.60. The molecular weight excluding hydrogens is 461 g/mol. The van der Waals surface area contributed by atoms with Crippen LogP contribution in [0.15, 0.2) is 53.4 Å². The molecule has 0 saturated carbocycles. The summed E-state index contributed by atoms with van der Waals surface area (Å²) in [6.45, 7) is 3.13. The minimum atomic E-state index is -4.08. The summed E-state index contributed by atoms with van der Waals surface area (Å²) in [5, 5.41) is 2.82. The van der Waals surface area contributed by atoms with Gasteiger partial charge >= 0.3 is 0 Å². The lowest BCUT2D eigenvalue weighted by Gasteiger charge is -2.40. The van der Waals surface area contributed by atoms with E-state index in [0.29, 0.717) is 25.9 Å². The number of hydrogen-bond donors (Lipinski definition) is 1. The molecule has 0 bridgehead atoms. The number of rotatable bonds is 5. The molecule has 0 radical (unpaired) electrons. The van der Waals surface area contributed by atoms with E-state index in [2.05, 4.69) is 5.32 Å². The lowest BCUT2D eigenvalue weighted by atomic mass is 9.72. The summed E-state index contributed by atoms with van der Waals surface area (Å²) in [5.74, 6) is -1.24. The smallest absolute Gasteiger partial charge is 0.246 e. The van der Waals surface area contributed by atoms with Crippen molar-refractivity contribution >= 4 is 27.5 Å². The van der Waals surface area contributed by atoms with E-state index in [1.165, 1.54) is 23.4 Å². The molecule has 182 valence electrons. The van der Waals surface area contributed by atoms with Crippen molar-refractivity contribution in [2.45, 2.75) is 30.1 Å². The quantitative estimate of drug-likeness (QED) is 0.696. The van der Waals surface area contributed by atoms with Crippen molar-refractivity contribution in [3.05, 3.63) is 59.9 Å². The van der Waals surface area contributed by atoms with Gasteiger partial charge in [-0.1, -0.05) is 30.3 Å². The number of hydrogen-bond acceptors (Lipinski definition) is 5. The molecule has 0 unspecified atom stereocenters. The first-order valence-electron chi connectivity index (χ1n) is 11.2. The van der Waals surface area contributed by atoms with Gasteiger partial charge in [-0.25, -0.2) is 12.8 Å². The molecule has 0 aromatic heterocycles. The van der Waals surface area contributed by atoms with Crippen LogP contribution in [0, 0.1) is 5.82 Å². The number of carbonyl (C=O) groups is 2. The number of amides is 2. The molecule has 8 nitrogen and oxygen atoms in total. The first-order chi connectivity index (χ1) is 16.2. The average Bonchev–Trinajstić information content (AvgIpc) is 2.86. The summed E-state index contributed by atoms with van der Waals surface area (Å²) in [6, 6.07) is 12.9. The van der Waals surface area contributed by atoms with Crippen molar-refractivity contribution in [3.8, 4) is 0 Å². The van der Waals surface area contributed by atoms with Gasteiger partial charge in [0, 0.05) is 38.8 Å². The molecule has 0 aliphatic carbocycles. The van der Waals surface area contributed by atoms with Crippen LogP contribution >= 0.6 is 0 Å². The van der Waals surface area contributed by atoms with Gasteiger partial charge in [-0.3, -0.25) is 9.59 Å². The highest BCUT2D eigenvalue weighted by atomic mass is 32.2. The van der Waals surface area contributed by atoms with Crippen molar-refractivity contribution in [1.29, 1.82) is 0 Å². The van der Waals surface area contributed by atoms with Gasteiger partial charge in [-0.05, 0) is 36.6 Å². The predicted molar refractivity (Wildman–Crippen MR) is 124 cm³/mol. The Hall–Kier alpha value is -2.82. The maximum atomic E-state index is 14.6. The predicted octanol–water partition coefficient (Wildman–Crippen LogP) is 2.37. The standard InChI is InChI=1S/C24H28FN3O5S/c1-18(29)27-11-9-24(10-12-27,19-5-3-2-4-6-19)23(30)26-20-7-8-21(25)22(17-20)34(31,32)28-13-15-33-16-14-28/h2-8,17H,9-16H2,1H3,(H,26,30). The zero-order valence-corrected chi connectivity index (χ0v) is 19.8. The van der Waals surface area contributed by atoms with E-state index in [-0.39, 0.29) is 43.8 Å². The Bertz CT molecular complexity index is 1160. The molecule has 4 rings (SSSR count). The van der Waals surface area contributed by atoms with E-state index in [4.69, 9.17) is 4.74 Å². The van der Waals surface area contributed by atoms with Crippen molar-refractivity contribution in [3.63, 3.8) is 0 Å². The molecule has 10 heteroatoms. The second kappa shape index (κ2) is 9.81. The number of benzene rings is 2. The molecule has 2 fully saturated rings. The van der Waals surface area contributed by atoms with Crippen LogP contribution in [-0.4, -0.2) is 68.8 Å². The van der Waals surface area contributed by atoms with Gasteiger partial charge in [-0.2, -0.15) is 4.31 Å². The number of piperidine rings is 1. The van der Waals surface area contributed by atoms with Gasteiger partial charge in [-0.15, -0.1) is 0 Å². The number of likely N-dealkylation sites (tertiary alicyclic amines) is 1. The molecule has 2 aromatic rings. The van der Waals surface area contributed by atoms with Crippen molar-refractivity contribution < 1.29 is 27.1 Å². The molecule has 0 atom stereocenters. The summed E-state index contributed by atoms with van der Waals surface area (Å²) < 4.78 is 47.0. The number of sulfonamides is 1. The molecule has 0 spiro atoms. The lowest BCUT2D eigenvalue weighted by molar-refractivity contribution is -0.133. The van der Waals surface area contributed by atoms with E-state index in [0.717, 1.165) is 11.6 Å². The normalized spacial score (nSPS) is 18.9. The summed E-state index contributed by atoms with van der Waals surface area (Å²) in [4.78, 5) is 26.7. The lowest BCUT2D eigenvalue weighted by Crippen LogP contribution is -2.50. The van der Waals surface area contributed by atoms with Crippen LogP contribution in [0.25, 0.3) is 0 Å². The summed E-state index contributed by atoms with van der Waals surface area (Å²) in [7, 11) is -4.08. The fourth-order valence-electron chi connectivity index (χ4n) is 4.56.